The minimum atomic E-state index is -0.496. The van der Waals surface area contributed by atoms with Crippen molar-refractivity contribution >= 4 is 0 Å². The van der Waals surface area contributed by atoms with Gasteiger partial charge in [-0.2, -0.15) is 0 Å². The molecule has 0 aliphatic heterocycles. The molecule has 0 aliphatic carbocycles. The van der Waals surface area contributed by atoms with Crippen LogP contribution in [0, 0.1) is 5.82 Å². The summed E-state index contributed by atoms with van der Waals surface area (Å²) < 4.78 is 19.2. The van der Waals surface area contributed by atoms with Crippen LogP contribution in [0.3, 0.4) is 0 Å². The van der Waals surface area contributed by atoms with E-state index in [1.165, 1.54) is 12.1 Å². The molecule has 0 bridgehead atoms. The summed E-state index contributed by atoms with van der Waals surface area (Å²) in [6.45, 7) is 4.68. The molecular weight excluding hydrogens is 239 g/mol. The zero-order chi connectivity index (χ0) is 13.7. The molecule has 19 heavy (non-hydrogen) atoms. The van der Waals surface area contributed by atoms with E-state index < -0.39 is 5.60 Å². The minimum absolute atomic E-state index is 0.224. The van der Waals surface area contributed by atoms with Crippen LogP contribution in [0.25, 0.3) is 0 Å². The lowest BCUT2D eigenvalue weighted by Gasteiger charge is -2.34. The van der Waals surface area contributed by atoms with Crippen molar-refractivity contribution in [2.75, 3.05) is 6.61 Å². The average Bonchev–Trinajstić information content (AvgIpc) is 2.47. The lowest BCUT2D eigenvalue weighted by Crippen LogP contribution is -2.30. The predicted octanol–water partition coefficient (Wildman–Crippen LogP) is 4.52. The van der Waals surface area contributed by atoms with E-state index >= 15 is 0 Å². The monoisotopic (exact) mass is 258 g/mol. The van der Waals surface area contributed by atoms with Crippen molar-refractivity contribution in [3.8, 4) is 0 Å². The fourth-order valence-corrected chi connectivity index (χ4v) is 2.52. The third-order valence-electron chi connectivity index (χ3n) is 3.44. The largest absolute Gasteiger partial charge is 0.366 e. The van der Waals surface area contributed by atoms with Crippen molar-refractivity contribution in [2.24, 2.45) is 0 Å². The SMILES string of the molecule is CCOC(CC)(c1ccccc1)c1ccc(F)cc1. The topological polar surface area (TPSA) is 9.23 Å². The summed E-state index contributed by atoms with van der Waals surface area (Å²) in [5, 5.41) is 0. The van der Waals surface area contributed by atoms with Crippen molar-refractivity contribution in [1.82, 2.24) is 0 Å². The molecule has 0 saturated carbocycles. The maximum atomic E-state index is 13.1. The van der Waals surface area contributed by atoms with E-state index in [0.717, 1.165) is 17.5 Å². The van der Waals surface area contributed by atoms with Gasteiger partial charge in [-0.05, 0) is 36.6 Å². The highest BCUT2D eigenvalue weighted by Crippen LogP contribution is 2.36. The van der Waals surface area contributed by atoms with Gasteiger partial charge in [0.05, 0.1) is 0 Å². The molecule has 1 atom stereocenters. The normalized spacial score (nSPS) is 14.1. The minimum Gasteiger partial charge on any atom is -0.366 e. The van der Waals surface area contributed by atoms with Crippen LogP contribution in [0.1, 0.15) is 31.4 Å². The number of halogens is 1. The predicted molar refractivity (Wildman–Crippen MR) is 75.5 cm³/mol. The zero-order valence-electron chi connectivity index (χ0n) is 11.4. The molecule has 2 heteroatoms. The smallest absolute Gasteiger partial charge is 0.123 e. The van der Waals surface area contributed by atoms with Crippen LogP contribution in [0.15, 0.2) is 54.6 Å². The van der Waals surface area contributed by atoms with Crippen molar-refractivity contribution in [3.05, 3.63) is 71.5 Å². The lowest BCUT2D eigenvalue weighted by molar-refractivity contribution is -0.0141. The summed E-state index contributed by atoms with van der Waals surface area (Å²) in [6.07, 6.45) is 0.802. The van der Waals surface area contributed by atoms with Gasteiger partial charge in [-0.15, -0.1) is 0 Å². The third kappa shape index (κ3) is 2.69. The summed E-state index contributed by atoms with van der Waals surface area (Å²) in [6, 6.07) is 16.7. The Morgan fingerprint density at radius 3 is 2.00 bits per heavy atom. The van der Waals surface area contributed by atoms with Gasteiger partial charge in [-0.25, -0.2) is 4.39 Å². The third-order valence-corrected chi connectivity index (χ3v) is 3.44. The molecule has 0 fully saturated rings. The number of benzene rings is 2. The van der Waals surface area contributed by atoms with Crippen molar-refractivity contribution in [3.63, 3.8) is 0 Å². The van der Waals surface area contributed by atoms with Gasteiger partial charge in [0, 0.05) is 6.61 Å². The molecule has 0 saturated heterocycles. The number of hydrogen-bond donors (Lipinski definition) is 0. The van der Waals surface area contributed by atoms with Gasteiger partial charge in [0.2, 0.25) is 0 Å². The van der Waals surface area contributed by atoms with Crippen LogP contribution in [0.4, 0.5) is 4.39 Å². The molecule has 0 amide bonds. The molecule has 0 radical (unpaired) electrons. The van der Waals surface area contributed by atoms with E-state index in [-0.39, 0.29) is 5.82 Å². The summed E-state index contributed by atoms with van der Waals surface area (Å²) in [4.78, 5) is 0. The Kier molecular flexibility index (Phi) is 4.33. The molecule has 0 spiro atoms. The molecule has 2 aromatic carbocycles. The Morgan fingerprint density at radius 1 is 0.895 bits per heavy atom. The standard InChI is InChI=1S/C17H19FO/c1-3-17(19-4-2,14-8-6-5-7-9-14)15-10-12-16(18)13-11-15/h5-13H,3-4H2,1-2H3. The molecule has 0 N–H and O–H groups in total. The van der Waals surface area contributed by atoms with Crippen molar-refractivity contribution < 1.29 is 9.13 Å². The fraction of sp³-hybridized carbons (Fsp3) is 0.294. The molecule has 100 valence electrons. The van der Waals surface area contributed by atoms with E-state index in [1.807, 2.05) is 37.3 Å². The van der Waals surface area contributed by atoms with Crippen molar-refractivity contribution in [2.45, 2.75) is 25.9 Å². The molecule has 0 aromatic heterocycles. The van der Waals surface area contributed by atoms with Crippen LogP contribution in [0.5, 0.6) is 0 Å². The van der Waals surface area contributed by atoms with Crippen LogP contribution in [-0.2, 0) is 10.3 Å². The second-order valence-corrected chi connectivity index (χ2v) is 4.49. The number of rotatable bonds is 5. The van der Waals surface area contributed by atoms with Crippen LogP contribution in [-0.4, -0.2) is 6.61 Å². The molecule has 2 aromatic rings. The molecule has 2 rings (SSSR count). The maximum Gasteiger partial charge on any atom is 0.123 e. The first kappa shape index (κ1) is 13.8. The number of hydrogen-bond acceptors (Lipinski definition) is 1. The maximum absolute atomic E-state index is 13.1. The summed E-state index contributed by atoms with van der Waals surface area (Å²) in [5.41, 5.74) is 1.60. The Balaban J connectivity index is 2.54. The zero-order valence-corrected chi connectivity index (χ0v) is 11.4. The van der Waals surface area contributed by atoms with Crippen LogP contribution < -0.4 is 0 Å². The van der Waals surface area contributed by atoms with Crippen LogP contribution in [0.2, 0.25) is 0 Å². The first-order valence-electron chi connectivity index (χ1n) is 6.68. The molecule has 1 unspecified atom stereocenters. The Labute approximate surface area is 114 Å². The first-order chi connectivity index (χ1) is 9.23. The van der Waals surface area contributed by atoms with Gasteiger partial charge in [0.25, 0.3) is 0 Å². The van der Waals surface area contributed by atoms with Gasteiger partial charge >= 0.3 is 0 Å². The average molecular weight is 258 g/mol. The van der Waals surface area contributed by atoms with Gasteiger partial charge in [-0.3, -0.25) is 0 Å². The van der Waals surface area contributed by atoms with E-state index in [2.05, 4.69) is 19.1 Å². The molecular formula is C17H19FO. The number of ether oxygens (including phenoxy) is 1. The van der Waals surface area contributed by atoms with Gasteiger partial charge < -0.3 is 4.74 Å². The highest BCUT2D eigenvalue weighted by Gasteiger charge is 2.32. The van der Waals surface area contributed by atoms with Gasteiger partial charge in [0.15, 0.2) is 0 Å². The Hall–Kier alpha value is -1.67. The molecule has 0 aliphatic rings. The quantitative estimate of drug-likeness (QED) is 0.766. The first-order valence-corrected chi connectivity index (χ1v) is 6.68. The molecule has 1 nitrogen and oxygen atoms in total. The second kappa shape index (κ2) is 5.98. The summed E-state index contributed by atoms with van der Waals surface area (Å²) >= 11 is 0. The lowest BCUT2D eigenvalue weighted by atomic mass is 9.84. The van der Waals surface area contributed by atoms with Gasteiger partial charge in [-0.1, -0.05) is 49.4 Å². The summed E-state index contributed by atoms with van der Waals surface area (Å²) in [5.74, 6) is -0.224. The van der Waals surface area contributed by atoms with E-state index in [9.17, 15) is 4.39 Å². The fourth-order valence-electron chi connectivity index (χ4n) is 2.52. The van der Waals surface area contributed by atoms with E-state index in [0.29, 0.717) is 6.61 Å². The van der Waals surface area contributed by atoms with E-state index in [4.69, 9.17) is 4.74 Å². The molecule has 0 heterocycles. The summed E-state index contributed by atoms with van der Waals surface area (Å²) in [7, 11) is 0. The van der Waals surface area contributed by atoms with Gasteiger partial charge in [0.1, 0.15) is 11.4 Å². The van der Waals surface area contributed by atoms with E-state index in [1.54, 1.807) is 0 Å². The highest BCUT2D eigenvalue weighted by molar-refractivity contribution is 5.36. The van der Waals surface area contributed by atoms with Crippen molar-refractivity contribution in [1.29, 1.82) is 0 Å². The van der Waals surface area contributed by atoms with Crippen LogP contribution >= 0.6 is 0 Å². The Bertz CT molecular complexity index is 507. The highest BCUT2D eigenvalue weighted by atomic mass is 19.1. The second-order valence-electron chi connectivity index (χ2n) is 4.49. The Morgan fingerprint density at radius 2 is 1.47 bits per heavy atom.